The van der Waals surface area contributed by atoms with Gasteiger partial charge in [-0.3, -0.25) is 0 Å². The Kier molecular flexibility index (Phi) is 4.60. The first kappa shape index (κ1) is 12.3. The fourth-order valence-electron chi connectivity index (χ4n) is 1.31. The fourth-order valence-corrected chi connectivity index (χ4v) is 1.31. The minimum Gasteiger partial charge on any atom is -0.491 e. The molecule has 5 heteroatoms. The summed E-state index contributed by atoms with van der Waals surface area (Å²) in [5.74, 6) is 0.570. The second-order valence-electron chi connectivity index (χ2n) is 3.51. The molecular weight excluding hydrogens is 204 g/mol. The number of unbranched alkanes of at least 4 members (excludes halogenated alkanes) is 1. The van der Waals surface area contributed by atoms with Crippen LogP contribution < -0.4 is 21.9 Å². The molecule has 0 radical (unpaired) electrons. The van der Waals surface area contributed by atoms with E-state index >= 15 is 0 Å². The quantitative estimate of drug-likeness (QED) is 0.326. The van der Waals surface area contributed by atoms with Crippen LogP contribution in [0.4, 0.5) is 11.4 Å². The first-order chi connectivity index (χ1) is 7.69. The molecule has 0 spiro atoms. The Bertz CT molecular complexity index is 365. The molecule has 0 aliphatic carbocycles. The number of hydrogen-bond acceptors (Lipinski definition) is 5. The van der Waals surface area contributed by atoms with Crippen LogP contribution in [0.5, 0.6) is 5.75 Å². The smallest absolute Gasteiger partial charge is 0.144 e. The van der Waals surface area contributed by atoms with Gasteiger partial charge in [-0.1, -0.05) is 0 Å². The number of nitrogen functional groups attached to an aromatic ring is 2. The summed E-state index contributed by atoms with van der Waals surface area (Å²) in [6.45, 7) is 1.23. The summed E-state index contributed by atoms with van der Waals surface area (Å²) in [6, 6.07) is 3.29. The summed E-state index contributed by atoms with van der Waals surface area (Å²) < 4.78 is 5.48. The monoisotopic (exact) mass is 222 g/mol. The summed E-state index contributed by atoms with van der Waals surface area (Å²) in [5, 5.41) is 7.13. The lowest BCUT2D eigenvalue weighted by Gasteiger charge is -2.10. The summed E-state index contributed by atoms with van der Waals surface area (Å²) in [4.78, 5) is 0. The van der Waals surface area contributed by atoms with Gasteiger partial charge >= 0.3 is 0 Å². The van der Waals surface area contributed by atoms with Crippen molar-refractivity contribution in [3.63, 3.8) is 0 Å². The molecule has 88 valence electrons. The van der Waals surface area contributed by atoms with Gasteiger partial charge in [-0.05, 0) is 25.5 Å². The molecule has 1 aromatic carbocycles. The molecule has 7 N–H and O–H groups in total. The maximum Gasteiger partial charge on any atom is 0.144 e. The van der Waals surface area contributed by atoms with Gasteiger partial charge in [0, 0.05) is 23.5 Å². The van der Waals surface area contributed by atoms with Crippen molar-refractivity contribution in [2.45, 2.75) is 12.8 Å². The number of nitrogens with one attached hydrogen (secondary N) is 1. The standard InChI is InChI=1S/C11H18N4O/c12-3-1-2-4-16-11-6-9(14)8(7-13)5-10(11)15/h5-7,13H,1-4,12,14-15H2. The van der Waals surface area contributed by atoms with Crippen molar-refractivity contribution in [3.05, 3.63) is 17.7 Å². The predicted octanol–water partition coefficient (Wildman–Crippen LogP) is 0.966. The highest BCUT2D eigenvalue weighted by Gasteiger charge is 2.05. The molecule has 5 nitrogen and oxygen atoms in total. The fraction of sp³-hybridized carbons (Fsp3) is 0.364. The van der Waals surface area contributed by atoms with Crippen molar-refractivity contribution < 1.29 is 4.74 Å². The zero-order valence-corrected chi connectivity index (χ0v) is 9.20. The minimum atomic E-state index is 0.498. The number of nitrogens with two attached hydrogens (primary N) is 3. The molecule has 1 rings (SSSR count). The normalized spacial score (nSPS) is 10.1. The van der Waals surface area contributed by atoms with E-state index in [0.29, 0.717) is 35.8 Å². The van der Waals surface area contributed by atoms with Gasteiger partial charge in [0.2, 0.25) is 0 Å². The Morgan fingerprint density at radius 3 is 2.56 bits per heavy atom. The van der Waals surface area contributed by atoms with E-state index in [4.69, 9.17) is 27.3 Å². The van der Waals surface area contributed by atoms with Crippen LogP contribution >= 0.6 is 0 Å². The van der Waals surface area contributed by atoms with E-state index in [2.05, 4.69) is 0 Å². The van der Waals surface area contributed by atoms with E-state index in [1.54, 1.807) is 12.1 Å². The predicted molar refractivity (Wildman–Crippen MR) is 66.9 cm³/mol. The van der Waals surface area contributed by atoms with Crippen LogP contribution in [0.15, 0.2) is 12.1 Å². The molecule has 0 aliphatic heterocycles. The molecule has 16 heavy (non-hydrogen) atoms. The molecule has 0 aromatic heterocycles. The Morgan fingerprint density at radius 2 is 1.94 bits per heavy atom. The average molecular weight is 222 g/mol. The molecule has 0 amide bonds. The summed E-state index contributed by atoms with van der Waals surface area (Å²) in [5.41, 5.74) is 18.5. The van der Waals surface area contributed by atoms with Crippen molar-refractivity contribution in [1.29, 1.82) is 5.41 Å². The largest absolute Gasteiger partial charge is 0.491 e. The zero-order chi connectivity index (χ0) is 12.0. The summed E-state index contributed by atoms with van der Waals surface area (Å²) in [7, 11) is 0. The van der Waals surface area contributed by atoms with E-state index in [-0.39, 0.29) is 0 Å². The Morgan fingerprint density at radius 1 is 1.19 bits per heavy atom. The van der Waals surface area contributed by atoms with Crippen molar-refractivity contribution in [3.8, 4) is 5.75 Å². The van der Waals surface area contributed by atoms with Crippen LogP contribution in [-0.2, 0) is 0 Å². The molecule has 0 atom stereocenters. The highest BCUT2D eigenvalue weighted by Crippen LogP contribution is 2.26. The van der Waals surface area contributed by atoms with Crippen molar-refractivity contribution in [2.24, 2.45) is 5.73 Å². The highest BCUT2D eigenvalue weighted by molar-refractivity contribution is 5.87. The van der Waals surface area contributed by atoms with Crippen LogP contribution in [0.3, 0.4) is 0 Å². The van der Waals surface area contributed by atoms with Gasteiger partial charge in [0.15, 0.2) is 0 Å². The molecule has 0 fully saturated rings. The van der Waals surface area contributed by atoms with Crippen LogP contribution in [0.2, 0.25) is 0 Å². The topological polar surface area (TPSA) is 111 Å². The molecule has 0 aliphatic rings. The zero-order valence-electron chi connectivity index (χ0n) is 9.20. The maximum absolute atomic E-state index is 7.13. The molecule has 0 saturated heterocycles. The number of benzene rings is 1. The van der Waals surface area contributed by atoms with Gasteiger partial charge in [0.05, 0.1) is 12.3 Å². The van der Waals surface area contributed by atoms with Gasteiger partial charge in [0.1, 0.15) is 5.75 Å². The third-order valence-electron chi connectivity index (χ3n) is 2.23. The summed E-state index contributed by atoms with van der Waals surface area (Å²) >= 11 is 0. The molecule has 0 bridgehead atoms. The first-order valence-corrected chi connectivity index (χ1v) is 5.21. The lowest BCUT2D eigenvalue weighted by Crippen LogP contribution is -2.05. The number of anilines is 2. The Labute approximate surface area is 95.1 Å². The Balaban J connectivity index is 2.66. The first-order valence-electron chi connectivity index (χ1n) is 5.21. The second kappa shape index (κ2) is 5.97. The van der Waals surface area contributed by atoms with Crippen LogP contribution in [0, 0.1) is 5.41 Å². The molecule has 0 saturated carbocycles. The van der Waals surface area contributed by atoms with E-state index in [0.717, 1.165) is 12.8 Å². The number of hydrogen-bond donors (Lipinski definition) is 4. The number of ether oxygens (including phenoxy) is 1. The van der Waals surface area contributed by atoms with Crippen LogP contribution in [0.25, 0.3) is 0 Å². The molecular formula is C11H18N4O. The highest BCUT2D eigenvalue weighted by atomic mass is 16.5. The van der Waals surface area contributed by atoms with E-state index in [1.807, 2.05) is 0 Å². The molecule has 0 unspecified atom stereocenters. The third kappa shape index (κ3) is 3.13. The minimum absolute atomic E-state index is 0.498. The average Bonchev–Trinajstić information content (AvgIpc) is 2.28. The maximum atomic E-state index is 7.13. The Hall–Kier alpha value is -1.75. The van der Waals surface area contributed by atoms with E-state index in [1.165, 1.54) is 6.21 Å². The van der Waals surface area contributed by atoms with Gasteiger partial charge in [-0.25, -0.2) is 0 Å². The lowest BCUT2D eigenvalue weighted by molar-refractivity contribution is 0.309. The van der Waals surface area contributed by atoms with Gasteiger partial charge in [0.25, 0.3) is 0 Å². The van der Waals surface area contributed by atoms with Crippen LogP contribution in [-0.4, -0.2) is 19.4 Å². The van der Waals surface area contributed by atoms with Crippen LogP contribution in [0.1, 0.15) is 18.4 Å². The van der Waals surface area contributed by atoms with Gasteiger partial charge < -0.3 is 27.3 Å². The molecule has 0 heterocycles. The summed E-state index contributed by atoms with van der Waals surface area (Å²) in [6.07, 6.45) is 2.99. The number of rotatable bonds is 6. The van der Waals surface area contributed by atoms with E-state index in [9.17, 15) is 0 Å². The van der Waals surface area contributed by atoms with E-state index < -0.39 is 0 Å². The van der Waals surface area contributed by atoms with Crippen molar-refractivity contribution in [1.82, 2.24) is 0 Å². The molecule has 1 aromatic rings. The lowest BCUT2D eigenvalue weighted by atomic mass is 10.1. The van der Waals surface area contributed by atoms with Crippen molar-refractivity contribution >= 4 is 17.6 Å². The van der Waals surface area contributed by atoms with Crippen molar-refractivity contribution in [2.75, 3.05) is 24.6 Å². The van der Waals surface area contributed by atoms with Gasteiger partial charge in [-0.15, -0.1) is 0 Å². The second-order valence-corrected chi connectivity index (χ2v) is 3.51. The third-order valence-corrected chi connectivity index (χ3v) is 2.23. The SMILES string of the molecule is N=Cc1cc(N)c(OCCCCN)cc1N. The van der Waals surface area contributed by atoms with Gasteiger partial charge in [-0.2, -0.15) is 0 Å².